The number of hydrogen-bond acceptors (Lipinski definition) is 6. The first-order valence-corrected chi connectivity index (χ1v) is 18.8. The molecule has 0 radical (unpaired) electrons. The number of allylic oxidation sites excluding steroid dienone is 1. The first kappa shape index (κ1) is 31.1. The third-order valence-corrected chi connectivity index (χ3v) is 13.7. The fourth-order valence-corrected chi connectivity index (χ4v) is 10.5. The van der Waals surface area contributed by atoms with Crippen LogP contribution in [0.1, 0.15) is 86.2 Å². The Kier molecular flexibility index (Phi) is 8.45. The summed E-state index contributed by atoms with van der Waals surface area (Å²) in [4.78, 5) is 16.0. The van der Waals surface area contributed by atoms with Gasteiger partial charge >= 0.3 is 0 Å². The molecule has 6 atom stereocenters. The highest BCUT2D eigenvalue weighted by Gasteiger charge is 2.44. The van der Waals surface area contributed by atoms with E-state index in [9.17, 15) is 18.3 Å². The number of nitrogens with zero attached hydrogens (tertiary/aromatic N) is 1. The predicted molar refractivity (Wildman–Crippen MR) is 177 cm³/mol. The van der Waals surface area contributed by atoms with Gasteiger partial charge in [-0.1, -0.05) is 56.0 Å². The molecule has 1 amide bonds. The number of rotatable bonds is 2. The van der Waals surface area contributed by atoms with Crippen molar-refractivity contribution in [3.63, 3.8) is 0 Å². The van der Waals surface area contributed by atoms with Gasteiger partial charge in [0.05, 0.1) is 23.6 Å². The Labute approximate surface area is 272 Å². The average Bonchev–Trinajstić information content (AvgIpc) is 3.10. The number of aliphatic hydroxyl groups excluding tert-OH is 1. The molecule has 2 fully saturated rings. The van der Waals surface area contributed by atoms with Crippen LogP contribution in [-0.2, 0) is 21.9 Å². The van der Waals surface area contributed by atoms with Gasteiger partial charge < -0.3 is 14.7 Å². The van der Waals surface area contributed by atoms with Crippen LogP contribution in [0.4, 0.5) is 5.69 Å². The molecule has 7 rings (SSSR count). The molecule has 1 spiro atoms. The van der Waals surface area contributed by atoms with Crippen LogP contribution in [0.3, 0.4) is 0 Å². The number of nitrogens with one attached hydrogen (secondary N) is 1. The van der Waals surface area contributed by atoms with Crippen molar-refractivity contribution in [2.75, 3.05) is 24.6 Å². The van der Waals surface area contributed by atoms with Gasteiger partial charge in [0.15, 0.2) is 0 Å². The van der Waals surface area contributed by atoms with Crippen LogP contribution >= 0.6 is 11.6 Å². The number of aliphatic hydroxyl groups is 1. The second-order valence-corrected chi connectivity index (χ2v) is 16.8. The summed E-state index contributed by atoms with van der Waals surface area (Å²) in [5.74, 6) is 0.694. The number of carbonyl (C=O) groups is 1. The molecule has 2 bridgehead atoms. The van der Waals surface area contributed by atoms with E-state index in [0.717, 1.165) is 68.6 Å². The quantitative estimate of drug-likeness (QED) is 0.364. The second-order valence-electron chi connectivity index (χ2n) is 14.5. The minimum atomic E-state index is -3.94. The molecule has 45 heavy (non-hydrogen) atoms. The van der Waals surface area contributed by atoms with Crippen molar-refractivity contribution in [3.05, 3.63) is 70.3 Å². The Morgan fingerprint density at radius 2 is 1.96 bits per heavy atom. The molecule has 2 saturated carbocycles. The molecule has 5 aliphatic rings. The molecule has 2 aliphatic heterocycles. The van der Waals surface area contributed by atoms with Crippen LogP contribution in [0.15, 0.2) is 48.6 Å². The summed E-state index contributed by atoms with van der Waals surface area (Å²) in [6.45, 7) is 3.88. The number of benzene rings is 2. The number of carbonyl (C=O) groups excluding carboxylic acids is 1. The SMILES string of the molecule is C[C@H]1C/C=C/[C@H](O)[C@@H]2CC[C@H]2CN2C[C@@]3(CCCc4cc(Cl)ccc43)COc3ccc(cc32)C(=O)NS(=O)(=O)[C@H]1CC1CCC1. The molecule has 0 saturated heterocycles. The Bertz CT molecular complexity index is 1590. The molecule has 2 aromatic carbocycles. The number of hydrogen-bond donors (Lipinski definition) is 2. The standard InChI is InChI=1S/C36H45ClN2O5S/c1-23-5-2-9-32(40)29-13-10-27(29)20-39-21-36(16-4-8-25-18-28(37)12-14-30(25)36)22-44-33-15-11-26(19-31(33)39)35(41)38-45(42,43)34(23)17-24-6-3-7-24/h2,9,11-12,14-15,18-19,23-24,27,29,32,34,40H,3-8,10,13,16-17,20-22H2,1H3,(H,38,41)/b9-2+/t23-,27-,29+,32-,34-,36-/m0/s1. The Morgan fingerprint density at radius 1 is 1.11 bits per heavy atom. The normalized spacial score (nSPS) is 33.8. The van der Waals surface area contributed by atoms with Gasteiger partial charge in [0.1, 0.15) is 5.75 Å². The first-order valence-electron chi connectivity index (χ1n) is 16.8. The highest BCUT2D eigenvalue weighted by Crippen LogP contribution is 2.47. The van der Waals surface area contributed by atoms with Gasteiger partial charge in [0.2, 0.25) is 10.0 Å². The number of anilines is 1. The van der Waals surface area contributed by atoms with Gasteiger partial charge in [0, 0.05) is 29.1 Å². The van der Waals surface area contributed by atoms with Crippen molar-refractivity contribution in [2.24, 2.45) is 23.7 Å². The van der Waals surface area contributed by atoms with Crippen molar-refractivity contribution in [1.29, 1.82) is 0 Å². The molecule has 0 unspecified atom stereocenters. The molecule has 2 aromatic rings. The van der Waals surface area contributed by atoms with Crippen molar-refractivity contribution >= 4 is 33.2 Å². The van der Waals surface area contributed by atoms with Crippen LogP contribution < -0.4 is 14.4 Å². The molecule has 2 heterocycles. The maximum absolute atomic E-state index is 13.8. The van der Waals surface area contributed by atoms with E-state index in [4.69, 9.17) is 16.3 Å². The van der Waals surface area contributed by atoms with Gasteiger partial charge in [-0.25, -0.2) is 13.1 Å². The fraction of sp³-hybridized carbons (Fsp3) is 0.583. The lowest BCUT2D eigenvalue weighted by Gasteiger charge is -2.45. The minimum absolute atomic E-state index is 0.131. The summed E-state index contributed by atoms with van der Waals surface area (Å²) in [5, 5.41) is 11.4. The Morgan fingerprint density at radius 3 is 2.71 bits per heavy atom. The number of aryl methyl sites for hydroxylation is 1. The van der Waals surface area contributed by atoms with E-state index in [1.165, 1.54) is 11.1 Å². The maximum Gasteiger partial charge on any atom is 0.264 e. The number of ether oxygens (including phenoxy) is 1. The Hall–Kier alpha value is -2.55. The van der Waals surface area contributed by atoms with Crippen LogP contribution in [0.5, 0.6) is 5.75 Å². The van der Waals surface area contributed by atoms with Gasteiger partial charge in [-0.05, 0) is 110 Å². The molecule has 3 aliphatic carbocycles. The van der Waals surface area contributed by atoms with Gasteiger partial charge in [-0.2, -0.15) is 0 Å². The smallest absolute Gasteiger partial charge is 0.264 e. The van der Waals surface area contributed by atoms with E-state index in [1.807, 2.05) is 37.3 Å². The number of sulfonamides is 1. The highest BCUT2D eigenvalue weighted by atomic mass is 35.5. The van der Waals surface area contributed by atoms with Crippen molar-refractivity contribution in [2.45, 2.75) is 87.9 Å². The van der Waals surface area contributed by atoms with Crippen molar-refractivity contribution < 1.29 is 23.1 Å². The van der Waals surface area contributed by atoms with E-state index in [0.29, 0.717) is 43.2 Å². The Balaban J connectivity index is 1.27. The third-order valence-electron chi connectivity index (χ3n) is 11.6. The number of fused-ring (bicyclic) bond motifs is 4. The number of amides is 1. The monoisotopic (exact) mass is 652 g/mol. The van der Waals surface area contributed by atoms with Crippen molar-refractivity contribution in [3.8, 4) is 5.75 Å². The second kappa shape index (κ2) is 12.2. The van der Waals surface area contributed by atoms with Gasteiger partial charge in [-0.15, -0.1) is 0 Å². The third kappa shape index (κ3) is 6.03. The lowest BCUT2D eigenvalue weighted by molar-refractivity contribution is 0.0455. The van der Waals surface area contributed by atoms with Crippen LogP contribution in [0.2, 0.25) is 5.02 Å². The van der Waals surface area contributed by atoms with E-state index >= 15 is 0 Å². The van der Waals surface area contributed by atoms with E-state index in [1.54, 1.807) is 6.07 Å². The van der Waals surface area contributed by atoms with Gasteiger partial charge in [0.25, 0.3) is 5.91 Å². The zero-order valence-electron chi connectivity index (χ0n) is 26.1. The summed E-state index contributed by atoms with van der Waals surface area (Å²) in [6, 6.07) is 11.5. The zero-order valence-corrected chi connectivity index (χ0v) is 27.7. The molecular formula is C36H45ClN2O5S. The summed E-state index contributed by atoms with van der Waals surface area (Å²) in [7, 11) is -3.94. The zero-order chi connectivity index (χ0) is 31.3. The molecule has 7 nitrogen and oxygen atoms in total. The lowest BCUT2D eigenvalue weighted by Crippen LogP contribution is -2.49. The lowest BCUT2D eigenvalue weighted by atomic mass is 9.68. The molecular weight excluding hydrogens is 608 g/mol. The highest BCUT2D eigenvalue weighted by molar-refractivity contribution is 7.90. The summed E-state index contributed by atoms with van der Waals surface area (Å²) in [6.07, 6.45) is 12.5. The molecule has 2 N–H and O–H groups in total. The molecule has 242 valence electrons. The molecule has 0 aromatic heterocycles. The van der Waals surface area contributed by atoms with Crippen LogP contribution in [0.25, 0.3) is 0 Å². The fourth-order valence-electron chi connectivity index (χ4n) is 8.52. The topological polar surface area (TPSA) is 95.9 Å². The molecule has 9 heteroatoms. The maximum atomic E-state index is 13.8. The van der Waals surface area contributed by atoms with E-state index in [-0.39, 0.29) is 23.2 Å². The van der Waals surface area contributed by atoms with E-state index in [2.05, 4.69) is 21.8 Å². The summed E-state index contributed by atoms with van der Waals surface area (Å²) < 4.78 is 36.6. The largest absolute Gasteiger partial charge is 0.490 e. The minimum Gasteiger partial charge on any atom is -0.490 e. The summed E-state index contributed by atoms with van der Waals surface area (Å²) >= 11 is 6.41. The van der Waals surface area contributed by atoms with Gasteiger partial charge in [-0.3, -0.25) is 4.79 Å². The predicted octanol–water partition coefficient (Wildman–Crippen LogP) is 6.41. The number of halogens is 1. The first-order chi connectivity index (χ1) is 21.6. The summed E-state index contributed by atoms with van der Waals surface area (Å²) in [5.41, 5.74) is 3.38. The van der Waals surface area contributed by atoms with Crippen molar-refractivity contribution in [1.82, 2.24) is 4.72 Å². The van der Waals surface area contributed by atoms with Crippen LogP contribution in [-0.4, -0.2) is 50.5 Å². The average molecular weight is 653 g/mol. The van der Waals surface area contributed by atoms with E-state index < -0.39 is 27.3 Å². The van der Waals surface area contributed by atoms with Crippen LogP contribution in [0, 0.1) is 23.7 Å².